The van der Waals surface area contributed by atoms with Gasteiger partial charge in [0.1, 0.15) is 0 Å². The van der Waals surface area contributed by atoms with Gasteiger partial charge in [0.25, 0.3) is 0 Å². The average molecular weight is 254 g/mol. The molecule has 1 heterocycles. The van der Waals surface area contributed by atoms with Crippen molar-refractivity contribution in [3.05, 3.63) is 0 Å². The van der Waals surface area contributed by atoms with E-state index in [-0.39, 0.29) is 0 Å². The van der Waals surface area contributed by atoms with Gasteiger partial charge >= 0.3 is 0 Å². The van der Waals surface area contributed by atoms with Crippen molar-refractivity contribution in [3.8, 4) is 0 Å². The molecule has 1 saturated heterocycles. The molecule has 1 N–H and O–H groups in total. The summed E-state index contributed by atoms with van der Waals surface area (Å²) in [5, 5.41) is 3.66. The largest absolute Gasteiger partial charge is 0.377 e. The van der Waals surface area contributed by atoms with Crippen LogP contribution in [0.2, 0.25) is 0 Å². The molecule has 1 saturated carbocycles. The van der Waals surface area contributed by atoms with E-state index in [9.17, 15) is 0 Å². The molecule has 2 aliphatic rings. The van der Waals surface area contributed by atoms with Gasteiger partial charge in [-0.15, -0.1) is 0 Å². The van der Waals surface area contributed by atoms with Crippen molar-refractivity contribution < 1.29 is 4.74 Å². The lowest BCUT2D eigenvalue weighted by Gasteiger charge is -2.26. The van der Waals surface area contributed by atoms with Crippen LogP contribution >= 0.6 is 0 Å². The predicted octanol–water partition coefficient (Wildman–Crippen LogP) is 2.27. The Morgan fingerprint density at radius 1 is 1.28 bits per heavy atom. The molecule has 18 heavy (non-hydrogen) atoms. The Morgan fingerprint density at radius 3 is 3.00 bits per heavy atom. The second kappa shape index (κ2) is 7.46. The molecule has 0 radical (unpaired) electrons. The Kier molecular flexibility index (Phi) is 5.93. The Bertz CT molecular complexity index is 235. The van der Waals surface area contributed by atoms with Crippen molar-refractivity contribution in [1.82, 2.24) is 10.2 Å². The molecule has 3 nitrogen and oxygen atoms in total. The number of hydrogen-bond acceptors (Lipinski definition) is 3. The summed E-state index contributed by atoms with van der Waals surface area (Å²) in [7, 11) is 0. The first-order valence-corrected chi connectivity index (χ1v) is 7.87. The number of rotatable bonds is 5. The van der Waals surface area contributed by atoms with Crippen LogP contribution in [0.25, 0.3) is 0 Å². The van der Waals surface area contributed by atoms with Crippen LogP contribution in [0, 0.1) is 5.92 Å². The van der Waals surface area contributed by atoms with E-state index >= 15 is 0 Å². The summed E-state index contributed by atoms with van der Waals surface area (Å²) < 4.78 is 5.71. The van der Waals surface area contributed by atoms with Crippen molar-refractivity contribution in [1.29, 1.82) is 0 Å². The predicted molar refractivity (Wildman–Crippen MR) is 75.9 cm³/mol. The Balaban J connectivity index is 1.72. The highest BCUT2D eigenvalue weighted by atomic mass is 16.5. The van der Waals surface area contributed by atoms with E-state index in [4.69, 9.17) is 4.74 Å². The number of nitrogens with one attached hydrogen (secondary N) is 1. The Morgan fingerprint density at radius 2 is 2.17 bits per heavy atom. The fraction of sp³-hybridized carbons (Fsp3) is 1.00. The molecule has 0 aromatic rings. The van der Waals surface area contributed by atoms with Gasteiger partial charge in [0.05, 0.1) is 6.10 Å². The van der Waals surface area contributed by atoms with E-state index in [1.54, 1.807) is 0 Å². The fourth-order valence-electron chi connectivity index (χ4n) is 3.55. The van der Waals surface area contributed by atoms with Crippen LogP contribution in [0.3, 0.4) is 0 Å². The molecule has 0 spiro atoms. The molecule has 0 amide bonds. The minimum Gasteiger partial charge on any atom is -0.377 e. The third kappa shape index (κ3) is 4.22. The lowest BCUT2D eigenvalue weighted by atomic mass is 9.99. The van der Waals surface area contributed by atoms with Gasteiger partial charge in [0, 0.05) is 25.7 Å². The molecular formula is C15H30N2O. The lowest BCUT2D eigenvalue weighted by molar-refractivity contribution is 0.0668. The lowest BCUT2D eigenvalue weighted by Crippen LogP contribution is -2.36. The zero-order valence-electron chi connectivity index (χ0n) is 12.2. The minimum absolute atomic E-state index is 0.417. The molecule has 106 valence electrons. The second-order valence-corrected chi connectivity index (χ2v) is 5.98. The van der Waals surface area contributed by atoms with Crippen LogP contribution in [0.1, 0.15) is 46.0 Å². The van der Waals surface area contributed by atoms with Crippen molar-refractivity contribution in [2.75, 3.05) is 32.8 Å². The number of ether oxygens (including phenoxy) is 1. The van der Waals surface area contributed by atoms with Gasteiger partial charge in [-0.05, 0) is 51.6 Å². The van der Waals surface area contributed by atoms with Gasteiger partial charge < -0.3 is 15.0 Å². The first-order valence-electron chi connectivity index (χ1n) is 7.87. The number of nitrogens with zero attached hydrogens (tertiary/aromatic N) is 1. The van der Waals surface area contributed by atoms with Gasteiger partial charge in [-0.1, -0.05) is 13.3 Å². The monoisotopic (exact) mass is 254 g/mol. The van der Waals surface area contributed by atoms with Crippen molar-refractivity contribution in [2.45, 2.75) is 58.1 Å². The number of hydrogen-bond donors (Lipinski definition) is 1. The first-order chi connectivity index (χ1) is 8.79. The zero-order valence-corrected chi connectivity index (χ0v) is 12.2. The Labute approximate surface area is 112 Å². The summed E-state index contributed by atoms with van der Waals surface area (Å²) in [6.45, 7) is 10.1. The molecule has 0 aromatic carbocycles. The zero-order chi connectivity index (χ0) is 12.8. The van der Waals surface area contributed by atoms with Crippen molar-refractivity contribution >= 4 is 0 Å². The van der Waals surface area contributed by atoms with Crippen molar-refractivity contribution in [3.63, 3.8) is 0 Å². The first kappa shape index (κ1) is 14.3. The maximum Gasteiger partial charge on any atom is 0.0673 e. The van der Waals surface area contributed by atoms with Gasteiger partial charge in [-0.25, -0.2) is 0 Å². The van der Waals surface area contributed by atoms with Gasteiger partial charge in [-0.2, -0.15) is 0 Å². The van der Waals surface area contributed by atoms with Crippen LogP contribution in [-0.4, -0.2) is 49.8 Å². The van der Waals surface area contributed by atoms with Gasteiger partial charge in [-0.3, -0.25) is 0 Å². The third-order valence-corrected chi connectivity index (χ3v) is 4.48. The maximum absolute atomic E-state index is 5.71. The quantitative estimate of drug-likeness (QED) is 0.814. The SMILES string of the molecule is CCNC1CCCC1CCN1CCCOC(C)C1. The summed E-state index contributed by atoms with van der Waals surface area (Å²) in [6, 6.07) is 0.788. The van der Waals surface area contributed by atoms with E-state index < -0.39 is 0 Å². The molecule has 3 atom stereocenters. The summed E-state index contributed by atoms with van der Waals surface area (Å²) in [4.78, 5) is 2.61. The molecule has 0 aromatic heterocycles. The van der Waals surface area contributed by atoms with Gasteiger partial charge in [0.2, 0.25) is 0 Å². The molecular weight excluding hydrogens is 224 g/mol. The van der Waals surface area contributed by atoms with Crippen LogP contribution in [0.4, 0.5) is 0 Å². The average Bonchev–Trinajstić information content (AvgIpc) is 2.68. The summed E-state index contributed by atoms with van der Waals surface area (Å²) in [6.07, 6.45) is 7.22. The normalized spacial score (nSPS) is 34.7. The second-order valence-electron chi connectivity index (χ2n) is 5.98. The van der Waals surface area contributed by atoms with E-state index in [2.05, 4.69) is 24.1 Å². The van der Waals surface area contributed by atoms with E-state index in [0.717, 1.165) is 31.7 Å². The highest BCUT2D eigenvalue weighted by Crippen LogP contribution is 2.28. The fourth-order valence-corrected chi connectivity index (χ4v) is 3.55. The third-order valence-electron chi connectivity index (χ3n) is 4.48. The summed E-state index contributed by atoms with van der Waals surface area (Å²) >= 11 is 0. The molecule has 0 bridgehead atoms. The van der Waals surface area contributed by atoms with E-state index in [1.807, 2.05) is 0 Å². The Hall–Kier alpha value is -0.120. The molecule has 2 fully saturated rings. The maximum atomic E-state index is 5.71. The summed E-state index contributed by atoms with van der Waals surface area (Å²) in [5.74, 6) is 0.907. The highest BCUT2D eigenvalue weighted by molar-refractivity contribution is 4.83. The van der Waals surface area contributed by atoms with Gasteiger partial charge in [0.15, 0.2) is 0 Å². The van der Waals surface area contributed by atoms with E-state index in [0.29, 0.717) is 6.10 Å². The van der Waals surface area contributed by atoms with Crippen LogP contribution in [0.15, 0.2) is 0 Å². The van der Waals surface area contributed by atoms with E-state index in [1.165, 1.54) is 45.2 Å². The molecule has 1 aliphatic carbocycles. The standard InChI is InChI=1S/C15H30N2O/c1-3-16-15-7-4-6-14(15)8-10-17-9-5-11-18-13(2)12-17/h13-16H,3-12H2,1-2H3. The highest BCUT2D eigenvalue weighted by Gasteiger charge is 2.27. The van der Waals surface area contributed by atoms with Crippen LogP contribution in [0.5, 0.6) is 0 Å². The summed E-state index contributed by atoms with van der Waals surface area (Å²) in [5.41, 5.74) is 0. The molecule has 3 unspecified atom stereocenters. The topological polar surface area (TPSA) is 24.5 Å². The minimum atomic E-state index is 0.417. The van der Waals surface area contributed by atoms with Crippen molar-refractivity contribution in [2.24, 2.45) is 5.92 Å². The molecule has 3 heteroatoms. The molecule has 1 aliphatic heterocycles. The molecule has 2 rings (SSSR count). The van der Waals surface area contributed by atoms with Crippen LogP contribution in [-0.2, 0) is 4.74 Å². The van der Waals surface area contributed by atoms with Crippen LogP contribution < -0.4 is 5.32 Å². The smallest absolute Gasteiger partial charge is 0.0673 e.